The Kier molecular flexibility index (Phi) is 8.16. The molecule has 0 saturated carbocycles. The van der Waals surface area contributed by atoms with Crippen LogP contribution in [0.15, 0.2) is 28.4 Å². The number of carbonyl (C=O) groups is 2. The fourth-order valence-corrected chi connectivity index (χ4v) is 5.58. The number of anilines is 1. The van der Waals surface area contributed by atoms with Gasteiger partial charge in [0.25, 0.3) is 11.8 Å². The fraction of sp³-hybridized carbons (Fsp3) is 0.567. The summed E-state index contributed by atoms with van der Waals surface area (Å²) in [4.78, 5) is 33.0. The van der Waals surface area contributed by atoms with E-state index in [1.54, 1.807) is 11.0 Å². The first-order valence-corrected chi connectivity index (χ1v) is 14.3. The van der Waals surface area contributed by atoms with Crippen LogP contribution in [0.1, 0.15) is 57.5 Å². The molecule has 2 atom stereocenters. The molecule has 2 N–H and O–H groups in total. The summed E-state index contributed by atoms with van der Waals surface area (Å²) >= 11 is 0. The van der Waals surface area contributed by atoms with Gasteiger partial charge in [-0.1, -0.05) is 51.1 Å². The number of carbonyl (C=O) groups excluding carboxylic acids is 2. The minimum absolute atomic E-state index is 0.0877. The molecule has 4 heterocycles. The number of likely N-dealkylation sites (tertiary alicyclic amines) is 1. The van der Waals surface area contributed by atoms with Gasteiger partial charge in [-0.2, -0.15) is 5.26 Å². The van der Waals surface area contributed by atoms with Crippen molar-refractivity contribution < 1.29 is 18.8 Å². The number of hydrogen-bond acceptors (Lipinski definition) is 8. The van der Waals surface area contributed by atoms with Crippen molar-refractivity contribution in [2.24, 2.45) is 16.7 Å². The first-order chi connectivity index (χ1) is 19.5. The van der Waals surface area contributed by atoms with Crippen molar-refractivity contribution in [1.29, 1.82) is 5.26 Å². The molecule has 1 aliphatic carbocycles. The van der Waals surface area contributed by atoms with E-state index in [-0.39, 0.29) is 40.0 Å². The second-order valence-electron chi connectivity index (χ2n) is 12.8. The lowest BCUT2D eigenvalue weighted by Gasteiger charge is -2.35. The maximum absolute atomic E-state index is 13.5. The van der Waals surface area contributed by atoms with Crippen LogP contribution in [-0.2, 0) is 16.1 Å². The predicted molar refractivity (Wildman–Crippen MR) is 153 cm³/mol. The first kappa shape index (κ1) is 28.8. The molecule has 218 valence electrons. The van der Waals surface area contributed by atoms with E-state index in [0.717, 1.165) is 43.1 Å². The highest BCUT2D eigenvalue weighted by molar-refractivity contribution is 6.01. The van der Waals surface area contributed by atoms with Gasteiger partial charge in [-0.3, -0.25) is 14.9 Å². The van der Waals surface area contributed by atoms with Gasteiger partial charge in [-0.05, 0) is 30.6 Å². The summed E-state index contributed by atoms with van der Waals surface area (Å²) in [5.41, 5.74) is 0.0537. The maximum atomic E-state index is 13.5. The molecule has 2 aromatic heterocycles. The highest BCUT2D eigenvalue weighted by atomic mass is 16.5. The standard InChI is InChI=1S/C30H39N7O4/c1-29(2,3)17-32-15-20-7-8-24-23(12-20)34-28(35-26(38)25-9-10-33-41-25)37(24)16-22-6-5-11-36(22)27(39)21(14-31)13-30(4)18-40-19-30/h8-10,12-13,20,22,32H,5-7,11,15-19H2,1-4H3,(H,34,35,38)/b21-13+/t20?,22-/m1/s1. The number of nitrogens with zero attached hydrogens (tertiary/aromatic N) is 5. The summed E-state index contributed by atoms with van der Waals surface area (Å²) in [7, 11) is 0. The van der Waals surface area contributed by atoms with Gasteiger partial charge in [0.1, 0.15) is 11.6 Å². The molecule has 5 rings (SSSR count). The zero-order valence-electron chi connectivity index (χ0n) is 24.3. The van der Waals surface area contributed by atoms with Gasteiger partial charge in [-0.25, -0.2) is 4.98 Å². The number of amides is 2. The Labute approximate surface area is 239 Å². The molecule has 2 fully saturated rings. The first-order valence-electron chi connectivity index (χ1n) is 14.3. The van der Waals surface area contributed by atoms with Crippen LogP contribution < -0.4 is 21.3 Å². The molecule has 0 bridgehead atoms. The van der Waals surface area contributed by atoms with Crippen LogP contribution in [0.5, 0.6) is 0 Å². The van der Waals surface area contributed by atoms with Crippen LogP contribution >= 0.6 is 0 Å². The predicted octanol–water partition coefficient (Wildman–Crippen LogP) is 1.82. The van der Waals surface area contributed by atoms with Crippen molar-refractivity contribution in [2.45, 2.75) is 59.5 Å². The maximum Gasteiger partial charge on any atom is 0.296 e. The highest BCUT2D eigenvalue weighted by Crippen LogP contribution is 2.31. The molecule has 3 aliphatic rings. The number of ether oxygens (including phenoxy) is 1. The monoisotopic (exact) mass is 561 g/mol. The van der Waals surface area contributed by atoms with Crippen LogP contribution in [0.4, 0.5) is 5.95 Å². The average Bonchev–Trinajstić information content (AvgIpc) is 3.66. The van der Waals surface area contributed by atoms with Gasteiger partial charge >= 0.3 is 0 Å². The summed E-state index contributed by atoms with van der Waals surface area (Å²) < 4.78 is 12.3. The van der Waals surface area contributed by atoms with Gasteiger partial charge in [0, 0.05) is 37.7 Å². The molecular formula is C30H39N7O4. The molecule has 2 aromatic rings. The smallest absolute Gasteiger partial charge is 0.296 e. The summed E-state index contributed by atoms with van der Waals surface area (Å²) in [6, 6.07) is 3.47. The number of imidazole rings is 1. The minimum atomic E-state index is -0.445. The second kappa shape index (κ2) is 11.6. The quantitative estimate of drug-likeness (QED) is 0.349. The third-order valence-corrected chi connectivity index (χ3v) is 7.73. The Morgan fingerprint density at radius 2 is 2.12 bits per heavy atom. The lowest BCUT2D eigenvalue weighted by molar-refractivity contribution is -0.128. The van der Waals surface area contributed by atoms with Gasteiger partial charge in [-0.15, -0.1) is 0 Å². The number of nitriles is 1. The highest BCUT2D eigenvalue weighted by Gasteiger charge is 2.36. The van der Waals surface area contributed by atoms with Crippen LogP contribution in [-0.4, -0.2) is 70.3 Å². The zero-order valence-corrected chi connectivity index (χ0v) is 24.3. The van der Waals surface area contributed by atoms with Crippen molar-refractivity contribution in [3.8, 4) is 6.07 Å². The Morgan fingerprint density at radius 3 is 2.78 bits per heavy atom. The molecule has 11 nitrogen and oxygen atoms in total. The van der Waals surface area contributed by atoms with Crippen LogP contribution in [0, 0.1) is 28.1 Å². The van der Waals surface area contributed by atoms with Crippen molar-refractivity contribution in [1.82, 2.24) is 24.9 Å². The lowest BCUT2D eigenvalue weighted by atomic mass is 9.86. The average molecular weight is 562 g/mol. The molecule has 11 heteroatoms. The fourth-order valence-electron chi connectivity index (χ4n) is 5.58. The summed E-state index contributed by atoms with van der Waals surface area (Å²) in [5, 5.41) is 21.6. The number of rotatable bonds is 9. The molecular weight excluding hydrogens is 522 g/mol. The topological polar surface area (TPSA) is 138 Å². The van der Waals surface area contributed by atoms with Gasteiger partial charge in [0.15, 0.2) is 0 Å². The number of nitrogens with one attached hydrogen (secondary N) is 2. The van der Waals surface area contributed by atoms with Crippen LogP contribution in [0.25, 0.3) is 12.2 Å². The summed E-state index contributed by atoms with van der Waals surface area (Å²) in [6.45, 7) is 12.4. The molecule has 2 amide bonds. The third-order valence-electron chi connectivity index (χ3n) is 7.73. The van der Waals surface area contributed by atoms with E-state index >= 15 is 0 Å². The largest absolute Gasteiger partial charge is 0.379 e. The second-order valence-corrected chi connectivity index (χ2v) is 12.8. The van der Waals surface area contributed by atoms with Gasteiger partial charge in [0.05, 0.1) is 36.2 Å². The molecule has 0 aromatic carbocycles. The van der Waals surface area contributed by atoms with Gasteiger partial charge < -0.3 is 24.0 Å². The third kappa shape index (κ3) is 6.60. The molecule has 1 unspecified atom stereocenters. The molecule has 2 aliphatic heterocycles. The SMILES string of the molecule is CC(C)(C)CNCC1C=c2nc(NC(=O)c3ccno3)n(C[C@H]3CCCN3C(=O)/C(C#N)=C/C3(C)COC3)c2=CC1. The summed E-state index contributed by atoms with van der Waals surface area (Å²) in [5.74, 6) is 0.0477. The Balaban J connectivity index is 1.41. The van der Waals surface area contributed by atoms with Gasteiger partial charge in [0.2, 0.25) is 11.7 Å². The van der Waals surface area contributed by atoms with Crippen LogP contribution in [0.2, 0.25) is 0 Å². The molecule has 2 saturated heterocycles. The van der Waals surface area contributed by atoms with E-state index in [2.05, 4.69) is 54.8 Å². The van der Waals surface area contributed by atoms with E-state index in [0.29, 0.717) is 32.3 Å². The Morgan fingerprint density at radius 1 is 1.32 bits per heavy atom. The van der Waals surface area contributed by atoms with Crippen molar-refractivity contribution in [2.75, 3.05) is 38.2 Å². The minimum Gasteiger partial charge on any atom is -0.379 e. The Bertz CT molecular complexity index is 1470. The van der Waals surface area contributed by atoms with E-state index < -0.39 is 5.91 Å². The van der Waals surface area contributed by atoms with E-state index in [1.807, 2.05) is 11.5 Å². The molecule has 0 radical (unpaired) electrons. The van der Waals surface area contributed by atoms with Crippen LogP contribution in [0.3, 0.4) is 0 Å². The van der Waals surface area contributed by atoms with E-state index in [1.165, 1.54) is 12.3 Å². The van der Waals surface area contributed by atoms with Crippen molar-refractivity contribution in [3.05, 3.63) is 40.4 Å². The lowest BCUT2D eigenvalue weighted by Crippen LogP contribution is -2.43. The number of aromatic nitrogens is 3. The Hall–Kier alpha value is -3.75. The van der Waals surface area contributed by atoms with E-state index in [4.69, 9.17) is 14.2 Å². The normalized spacial score (nSPS) is 21.7. The zero-order chi connectivity index (χ0) is 29.2. The van der Waals surface area contributed by atoms with Crippen molar-refractivity contribution in [3.63, 3.8) is 0 Å². The molecule has 0 spiro atoms. The van der Waals surface area contributed by atoms with Crippen molar-refractivity contribution >= 4 is 29.9 Å². The van der Waals surface area contributed by atoms with E-state index in [9.17, 15) is 14.9 Å². The summed E-state index contributed by atoms with van der Waals surface area (Å²) in [6.07, 6.45) is 9.95. The number of fused-ring (bicyclic) bond motifs is 1. The number of hydrogen-bond donors (Lipinski definition) is 2. The molecule has 41 heavy (non-hydrogen) atoms.